The van der Waals surface area contributed by atoms with E-state index >= 15 is 0 Å². The minimum Gasteiger partial charge on any atom is -0.377 e. The maximum Gasteiger partial charge on any atom is 0.434 e. The normalized spacial score (nSPS) is 19.6. The maximum atomic E-state index is 12.9. The molecule has 21 heavy (non-hydrogen) atoms. The van der Waals surface area contributed by atoms with Crippen LogP contribution in [0.1, 0.15) is 12.1 Å². The third-order valence-electron chi connectivity index (χ3n) is 3.06. The lowest BCUT2D eigenvalue weighted by molar-refractivity contribution is -0.141. The van der Waals surface area contributed by atoms with Gasteiger partial charge in [-0.15, -0.1) is 0 Å². The van der Waals surface area contributed by atoms with Crippen LogP contribution in [0.2, 0.25) is 0 Å². The molecule has 2 heterocycles. The second kappa shape index (κ2) is 6.18. The lowest BCUT2D eigenvalue weighted by Gasteiger charge is -2.36. The molecule has 1 atom stereocenters. The summed E-state index contributed by atoms with van der Waals surface area (Å²) in [5, 5.41) is 0. The number of primary amides is 1. The third-order valence-corrected chi connectivity index (χ3v) is 3.70. The molecule has 0 bridgehead atoms. The van der Waals surface area contributed by atoms with E-state index in [0.717, 1.165) is 0 Å². The summed E-state index contributed by atoms with van der Waals surface area (Å²) < 4.78 is 43.8. The van der Waals surface area contributed by atoms with Gasteiger partial charge in [-0.05, 0) is 28.1 Å². The first-order valence-corrected chi connectivity index (χ1v) is 6.95. The van der Waals surface area contributed by atoms with E-state index in [2.05, 4.69) is 20.9 Å². The van der Waals surface area contributed by atoms with E-state index in [1.807, 2.05) is 0 Å². The summed E-state index contributed by atoms with van der Waals surface area (Å²) in [5.41, 5.74) is 4.16. The number of pyridine rings is 1. The fourth-order valence-electron chi connectivity index (χ4n) is 2.15. The van der Waals surface area contributed by atoms with E-state index in [9.17, 15) is 18.0 Å². The summed E-state index contributed by atoms with van der Waals surface area (Å²) in [4.78, 5) is 16.3. The molecule has 1 fully saturated rings. The quantitative estimate of drug-likeness (QED) is 0.886. The van der Waals surface area contributed by atoms with Crippen molar-refractivity contribution in [2.45, 2.75) is 18.6 Å². The Morgan fingerprint density at radius 2 is 2.24 bits per heavy atom. The molecule has 1 saturated heterocycles. The van der Waals surface area contributed by atoms with Gasteiger partial charge < -0.3 is 15.4 Å². The Kier molecular flexibility index (Phi) is 4.72. The van der Waals surface area contributed by atoms with Gasteiger partial charge in [0, 0.05) is 17.4 Å². The number of hydrogen-bond acceptors (Lipinski definition) is 4. The van der Waals surface area contributed by atoms with E-state index in [1.54, 1.807) is 4.90 Å². The minimum absolute atomic E-state index is 0.000898. The highest BCUT2D eigenvalue weighted by atomic mass is 79.9. The first-order valence-electron chi connectivity index (χ1n) is 6.15. The van der Waals surface area contributed by atoms with E-state index < -0.39 is 23.8 Å². The molecule has 0 aliphatic carbocycles. The molecule has 1 aliphatic heterocycles. The highest BCUT2D eigenvalue weighted by Crippen LogP contribution is 2.35. The van der Waals surface area contributed by atoms with Gasteiger partial charge in [-0.1, -0.05) is 0 Å². The van der Waals surface area contributed by atoms with Crippen molar-refractivity contribution >= 4 is 27.7 Å². The van der Waals surface area contributed by atoms with Crippen molar-refractivity contribution in [3.8, 4) is 0 Å². The van der Waals surface area contributed by atoms with Crippen LogP contribution in [0.4, 0.5) is 19.0 Å². The van der Waals surface area contributed by atoms with Gasteiger partial charge in [0.1, 0.15) is 5.82 Å². The van der Waals surface area contributed by atoms with Crippen LogP contribution in [0.3, 0.4) is 0 Å². The number of carbonyl (C=O) groups is 1. The number of anilines is 1. The largest absolute Gasteiger partial charge is 0.434 e. The van der Waals surface area contributed by atoms with Gasteiger partial charge in [-0.2, -0.15) is 13.2 Å². The summed E-state index contributed by atoms with van der Waals surface area (Å²) in [5.74, 6) is -0.385. The smallest absolute Gasteiger partial charge is 0.377 e. The van der Waals surface area contributed by atoms with Crippen LogP contribution >= 0.6 is 15.9 Å². The lowest BCUT2D eigenvalue weighted by Crippen LogP contribution is -2.47. The minimum atomic E-state index is -4.56. The van der Waals surface area contributed by atoms with Crippen molar-refractivity contribution in [1.82, 2.24) is 4.98 Å². The molecule has 0 spiro atoms. The average molecular weight is 368 g/mol. The molecular weight excluding hydrogens is 355 g/mol. The molecule has 1 aliphatic rings. The van der Waals surface area contributed by atoms with Gasteiger partial charge >= 0.3 is 6.18 Å². The molecule has 1 aromatic rings. The van der Waals surface area contributed by atoms with Crippen molar-refractivity contribution in [2.24, 2.45) is 5.73 Å². The summed E-state index contributed by atoms with van der Waals surface area (Å²) in [6, 6.07) is 2.35. The zero-order chi connectivity index (χ0) is 15.6. The average Bonchev–Trinajstić information content (AvgIpc) is 2.38. The van der Waals surface area contributed by atoms with Crippen molar-refractivity contribution in [3.63, 3.8) is 0 Å². The highest BCUT2D eigenvalue weighted by molar-refractivity contribution is 9.10. The fourth-order valence-corrected chi connectivity index (χ4v) is 2.59. The zero-order valence-electron chi connectivity index (χ0n) is 10.9. The van der Waals surface area contributed by atoms with E-state index in [0.29, 0.717) is 13.2 Å². The molecule has 1 aromatic heterocycles. The molecule has 116 valence electrons. The molecule has 1 amide bonds. The molecule has 1 unspecified atom stereocenters. The molecule has 0 radical (unpaired) electrons. The van der Waals surface area contributed by atoms with Gasteiger partial charge in [-0.3, -0.25) is 4.79 Å². The molecule has 9 heteroatoms. The zero-order valence-corrected chi connectivity index (χ0v) is 12.4. The number of nitrogens with two attached hydrogens (primary N) is 1. The molecular formula is C12H13BrF3N3O2. The number of carbonyl (C=O) groups excluding carboxylic acids is 1. The van der Waals surface area contributed by atoms with Crippen molar-refractivity contribution in [2.75, 3.05) is 24.7 Å². The number of hydrogen-bond donors (Lipinski definition) is 1. The fraction of sp³-hybridized carbons (Fsp3) is 0.500. The van der Waals surface area contributed by atoms with Gasteiger partial charge in [-0.25, -0.2) is 4.98 Å². The Bertz CT molecular complexity index is 539. The van der Waals surface area contributed by atoms with Crippen LogP contribution in [0, 0.1) is 0 Å². The number of aromatic nitrogens is 1. The standard InChI is InChI=1S/C12H13BrF3N3O2/c13-8-1-2-10(18-11(8)12(14,15)16)19-3-4-21-6-7(19)5-9(17)20/h1-2,7H,3-6H2,(H2,17,20). The molecule has 2 N–H and O–H groups in total. The second-order valence-corrected chi connectivity index (χ2v) is 5.44. The molecule has 0 aromatic carbocycles. The number of morpholine rings is 1. The Morgan fingerprint density at radius 3 is 2.86 bits per heavy atom. The van der Waals surface area contributed by atoms with Gasteiger partial charge in [0.25, 0.3) is 0 Å². The Hall–Kier alpha value is -1.35. The molecule has 5 nitrogen and oxygen atoms in total. The Labute approximate surface area is 127 Å². The number of halogens is 4. The topological polar surface area (TPSA) is 68.5 Å². The SMILES string of the molecule is NC(=O)CC1COCCN1c1ccc(Br)c(C(F)(F)F)n1. The first-order chi connectivity index (χ1) is 9.79. The summed E-state index contributed by atoms with van der Waals surface area (Å²) in [7, 11) is 0. The van der Waals surface area contributed by atoms with Gasteiger partial charge in [0.2, 0.25) is 5.91 Å². The molecule has 2 rings (SSSR count). The van der Waals surface area contributed by atoms with Gasteiger partial charge in [0.05, 0.1) is 19.3 Å². The van der Waals surface area contributed by atoms with Crippen molar-refractivity contribution in [3.05, 3.63) is 22.3 Å². The summed E-state index contributed by atoms with van der Waals surface area (Å²) in [6.07, 6.45) is -4.56. The van der Waals surface area contributed by atoms with Crippen molar-refractivity contribution in [1.29, 1.82) is 0 Å². The number of rotatable bonds is 3. The maximum absolute atomic E-state index is 12.9. The number of amides is 1. The van der Waals surface area contributed by atoms with E-state index in [1.165, 1.54) is 12.1 Å². The summed E-state index contributed by atoms with van der Waals surface area (Å²) >= 11 is 2.85. The summed E-state index contributed by atoms with van der Waals surface area (Å²) in [6.45, 7) is 0.931. The van der Waals surface area contributed by atoms with Crippen LogP contribution in [0.15, 0.2) is 16.6 Å². The predicted molar refractivity (Wildman–Crippen MR) is 72.7 cm³/mol. The predicted octanol–water partition coefficient (Wildman–Crippen LogP) is 1.94. The highest BCUT2D eigenvalue weighted by Gasteiger charge is 2.36. The lowest BCUT2D eigenvalue weighted by atomic mass is 10.1. The van der Waals surface area contributed by atoms with Crippen LogP contribution in [-0.2, 0) is 15.7 Å². The van der Waals surface area contributed by atoms with E-state index in [4.69, 9.17) is 10.5 Å². The molecule has 0 saturated carbocycles. The van der Waals surface area contributed by atoms with Crippen molar-refractivity contribution < 1.29 is 22.7 Å². The van der Waals surface area contributed by atoms with Crippen LogP contribution in [-0.4, -0.2) is 36.7 Å². The first kappa shape index (κ1) is 16.0. The Morgan fingerprint density at radius 1 is 1.52 bits per heavy atom. The Balaban J connectivity index is 2.33. The van der Waals surface area contributed by atoms with E-state index in [-0.39, 0.29) is 23.3 Å². The van der Waals surface area contributed by atoms with Crippen LogP contribution in [0.25, 0.3) is 0 Å². The third kappa shape index (κ3) is 3.85. The number of alkyl halides is 3. The number of nitrogens with zero attached hydrogens (tertiary/aromatic N) is 2. The second-order valence-electron chi connectivity index (χ2n) is 4.59. The number of ether oxygens (including phenoxy) is 1. The van der Waals surface area contributed by atoms with Crippen LogP contribution < -0.4 is 10.6 Å². The van der Waals surface area contributed by atoms with Gasteiger partial charge in [0.15, 0.2) is 5.69 Å². The monoisotopic (exact) mass is 367 g/mol. The van der Waals surface area contributed by atoms with Crippen LogP contribution in [0.5, 0.6) is 0 Å².